The van der Waals surface area contributed by atoms with Gasteiger partial charge in [-0.2, -0.15) is 0 Å². The summed E-state index contributed by atoms with van der Waals surface area (Å²) in [4.78, 5) is 23.9. The van der Waals surface area contributed by atoms with Crippen LogP contribution in [0.4, 0.5) is 0 Å². The van der Waals surface area contributed by atoms with Gasteiger partial charge in [-0.25, -0.2) is 4.79 Å². The van der Waals surface area contributed by atoms with Crippen LogP contribution in [-0.2, 0) is 14.3 Å². The monoisotopic (exact) mass is 278 g/mol. The first kappa shape index (κ1) is 16.2. The predicted molar refractivity (Wildman–Crippen MR) is 76.8 cm³/mol. The number of hydrogen-bond acceptors (Lipinski definition) is 4. The number of nitrogens with one attached hydrogen (secondary N) is 1. The molecule has 1 amide bonds. The number of amides is 1. The topological polar surface area (TPSA) is 81.4 Å². The third-order valence-electron chi connectivity index (χ3n) is 3.41. The second kappa shape index (κ2) is 7.65. The highest BCUT2D eigenvalue weighted by atomic mass is 16.5. The van der Waals surface area contributed by atoms with Crippen LogP contribution in [0.25, 0.3) is 0 Å². The van der Waals surface area contributed by atoms with E-state index in [1.165, 1.54) is 7.11 Å². The van der Waals surface area contributed by atoms with Crippen LogP contribution < -0.4 is 11.1 Å². The summed E-state index contributed by atoms with van der Waals surface area (Å²) >= 11 is 0. The molecule has 0 spiro atoms. The third kappa shape index (κ3) is 4.06. The summed E-state index contributed by atoms with van der Waals surface area (Å²) in [5, 5.41) is 2.68. The molecule has 0 aliphatic heterocycles. The molecule has 2 unspecified atom stereocenters. The summed E-state index contributed by atoms with van der Waals surface area (Å²) < 4.78 is 4.73. The molecule has 0 radical (unpaired) electrons. The maximum atomic E-state index is 12.2. The number of methoxy groups -OCH3 is 1. The number of rotatable bonds is 6. The molecule has 110 valence electrons. The third-order valence-corrected chi connectivity index (χ3v) is 3.41. The van der Waals surface area contributed by atoms with Crippen molar-refractivity contribution in [1.29, 1.82) is 0 Å². The molecule has 0 fully saturated rings. The predicted octanol–water partition coefficient (Wildman–Crippen LogP) is 1.39. The number of hydrogen-bond donors (Lipinski definition) is 2. The van der Waals surface area contributed by atoms with Gasteiger partial charge in [-0.15, -0.1) is 0 Å². The van der Waals surface area contributed by atoms with Crippen LogP contribution in [0.15, 0.2) is 30.3 Å². The van der Waals surface area contributed by atoms with Crippen molar-refractivity contribution in [3.63, 3.8) is 0 Å². The summed E-state index contributed by atoms with van der Waals surface area (Å²) in [7, 11) is 1.31. The molecule has 20 heavy (non-hydrogen) atoms. The molecule has 0 heterocycles. The van der Waals surface area contributed by atoms with Gasteiger partial charge >= 0.3 is 5.97 Å². The van der Waals surface area contributed by atoms with Crippen molar-refractivity contribution in [1.82, 2.24) is 5.32 Å². The molecule has 0 aliphatic carbocycles. The average Bonchev–Trinajstić information content (AvgIpc) is 2.50. The summed E-state index contributed by atoms with van der Waals surface area (Å²) in [5.74, 6) is -0.853. The number of carbonyl (C=O) groups excluding carboxylic acids is 2. The molecule has 3 N–H and O–H groups in total. The Morgan fingerprint density at radius 1 is 1.30 bits per heavy atom. The summed E-state index contributed by atoms with van der Waals surface area (Å²) in [6.45, 7) is 3.83. The Hall–Kier alpha value is -1.88. The van der Waals surface area contributed by atoms with E-state index >= 15 is 0 Å². The maximum Gasteiger partial charge on any atom is 0.328 e. The molecular formula is C15H22N2O3. The Kier molecular flexibility index (Phi) is 6.18. The van der Waals surface area contributed by atoms with E-state index in [1.54, 1.807) is 12.1 Å². The molecule has 0 bridgehead atoms. The largest absolute Gasteiger partial charge is 0.467 e. The van der Waals surface area contributed by atoms with Crippen LogP contribution in [0.1, 0.15) is 31.9 Å². The second-order valence-electron chi connectivity index (χ2n) is 4.78. The number of ether oxygens (including phenoxy) is 1. The van der Waals surface area contributed by atoms with E-state index in [9.17, 15) is 9.59 Å². The lowest BCUT2D eigenvalue weighted by molar-refractivity contribution is -0.146. The Balaban J connectivity index is 2.78. The molecule has 1 aromatic rings. The standard InChI is InChI=1S/C15H22N2O3/c1-4-10(2)13(15(19)20-3)17-14(18)12(16)11-8-6-5-7-9-11/h5-10,12-13H,4,16H2,1-3H3,(H,17,18)/t10?,12-,13?/m0/s1. The first-order chi connectivity index (χ1) is 9.51. The van der Waals surface area contributed by atoms with Crippen LogP contribution >= 0.6 is 0 Å². The number of benzene rings is 1. The van der Waals surface area contributed by atoms with Crippen LogP contribution in [-0.4, -0.2) is 25.0 Å². The van der Waals surface area contributed by atoms with E-state index in [1.807, 2.05) is 32.0 Å². The van der Waals surface area contributed by atoms with E-state index in [4.69, 9.17) is 10.5 Å². The van der Waals surface area contributed by atoms with E-state index in [2.05, 4.69) is 5.32 Å². The molecular weight excluding hydrogens is 256 g/mol. The number of carbonyl (C=O) groups is 2. The Morgan fingerprint density at radius 2 is 1.90 bits per heavy atom. The van der Waals surface area contributed by atoms with E-state index in [0.717, 1.165) is 6.42 Å². The minimum absolute atomic E-state index is 0.0191. The fourth-order valence-electron chi connectivity index (χ4n) is 1.85. The summed E-state index contributed by atoms with van der Waals surface area (Å²) in [6.07, 6.45) is 0.751. The molecule has 0 saturated heterocycles. The summed E-state index contributed by atoms with van der Waals surface area (Å²) in [5.41, 5.74) is 6.61. The van der Waals surface area contributed by atoms with Gasteiger partial charge in [0.2, 0.25) is 5.91 Å². The van der Waals surface area contributed by atoms with E-state index < -0.39 is 18.1 Å². The first-order valence-corrected chi connectivity index (χ1v) is 6.70. The number of esters is 1. The molecule has 5 heteroatoms. The van der Waals surface area contributed by atoms with Crippen molar-refractivity contribution in [2.24, 2.45) is 11.7 Å². The zero-order chi connectivity index (χ0) is 15.1. The minimum atomic E-state index is -0.799. The molecule has 5 nitrogen and oxygen atoms in total. The molecule has 0 saturated carbocycles. The van der Waals surface area contributed by atoms with Gasteiger partial charge in [0.25, 0.3) is 0 Å². The van der Waals surface area contributed by atoms with Crippen molar-refractivity contribution >= 4 is 11.9 Å². The highest BCUT2D eigenvalue weighted by Gasteiger charge is 2.28. The molecule has 1 rings (SSSR count). The van der Waals surface area contributed by atoms with Crippen LogP contribution in [0, 0.1) is 5.92 Å². The van der Waals surface area contributed by atoms with Crippen molar-refractivity contribution in [2.45, 2.75) is 32.4 Å². The lowest BCUT2D eigenvalue weighted by Crippen LogP contribution is -2.48. The van der Waals surface area contributed by atoms with Crippen LogP contribution in [0.2, 0.25) is 0 Å². The summed E-state index contributed by atoms with van der Waals surface area (Å²) in [6, 6.07) is 7.56. The number of nitrogens with two attached hydrogens (primary N) is 1. The van der Waals surface area contributed by atoms with Gasteiger partial charge in [0, 0.05) is 0 Å². The van der Waals surface area contributed by atoms with Crippen molar-refractivity contribution in [2.75, 3.05) is 7.11 Å². The van der Waals surface area contributed by atoms with Crippen molar-refractivity contribution in [3.05, 3.63) is 35.9 Å². The normalized spacial score (nSPS) is 15.0. The van der Waals surface area contributed by atoms with Gasteiger partial charge in [-0.05, 0) is 11.5 Å². The highest BCUT2D eigenvalue weighted by Crippen LogP contribution is 2.13. The SMILES string of the molecule is CCC(C)C(NC(=O)[C@@H](N)c1ccccc1)C(=O)OC. The van der Waals surface area contributed by atoms with Crippen LogP contribution in [0.3, 0.4) is 0 Å². The molecule has 1 aromatic carbocycles. The van der Waals surface area contributed by atoms with Gasteiger partial charge in [-0.3, -0.25) is 4.79 Å². The van der Waals surface area contributed by atoms with Crippen LogP contribution in [0.5, 0.6) is 0 Å². The average molecular weight is 278 g/mol. The minimum Gasteiger partial charge on any atom is -0.467 e. The fourth-order valence-corrected chi connectivity index (χ4v) is 1.85. The lowest BCUT2D eigenvalue weighted by Gasteiger charge is -2.23. The maximum absolute atomic E-state index is 12.2. The Labute approximate surface area is 119 Å². The zero-order valence-electron chi connectivity index (χ0n) is 12.1. The van der Waals surface area contributed by atoms with E-state index in [0.29, 0.717) is 5.56 Å². The molecule has 0 aromatic heterocycles. The fraction of sp³-hybridized carbons (Fsp3) is 0.467. The van der Waals surface area contributed by atoms with Gasteiger partial charge in [0.05, 0.1) is 7.11 Å². The van der Waals surface area contributed by atoms with Crippen molar-refractivity contribution < 1.29 is 14.3 Å². The van der Waals surface area contributed by atoms with E-state index in [-0.39, 0.29) is 11.8 Å². The second-order valence-corrected chi connectivity index (χ2v) is 4.78. The van der Waals surface area contributed by atoms with Gasteiger partial charge in [0.15, 0.2) is 0 Å². The van der Waals surface area contributed by atoms with Gasteiger partial charge < -0.3 is 15.8 Å². The highest BCUT2D eigenvalue weighted by molar-refractivity contribution is 5.88. The quantitative estimate of drug-likeness (QED) is 0.770. The molecule has 3 atom stereocenters. The zero-order valence-corrected chi connectivity index (χ0v) is 12.1. The van der Waals surface area contributed by atoms with Gasteiger partial charge in [-0.1, -0.05) is 50.6 Å². The molecule has 0 aliphatic rings. The Bertz CT molecular complexity index is 448. The Morgan fingerprint density at radius 3 is 2.40 bits per heavy atom. The smallest absolute Gasteiger partial charge is 0.328 e. The first-order valence-electron chi connectivity index (χ1n) is 6.70. The van der Waals surface area contributed by atoms with Crippen molar-refractivity contribution in [3.8, 4) is 0 Å². The lowest BCUT2D eigenvalue weighted by atomic mass is 9.98. The van der Waals surface area contributed by atoms with Gasteiger partial charge in [0.1, 0.15) is 12.1 Å².